The molecule has 1 aromatic rings. The number of piperidine rings is 1. The van der Waals surface area contributed by atoms with Crippen LogP contribution in [-0.2, 0) is 19.1 Å². The number of nitrogens with zero attached hydrogens (tertiary/aromatic N) is 1. The highest BCUT2D eigenvalue weighted by molar-refractivity contribution is 5.88. The zero-order chi connectivity index (χ0) is 17.5. The summed E-state index contributed by atoms with van der Waals surface area (Å²) in [6, 6.07) is 4.49. The summed E-state index contributed by atoms with van der Waals surface area (Å²) in [6.45, 7) is -0.469. The minimum absolute atomic E-state index is 0.310. The largest absolute Gasteiger partial charge is 0.482 e. The van der Waals surface area contributed by atoms with Crippen molar-refractivity contribution in [3.63, 3.8) is 0 Å². The number of primary amides is 1. The molecule has 0 spiro atoms. The lowest BCUT2D eigenvalue weighted by atomic mass is 10.0. The number of halogens is 1. The molecular weight excluding hydrogens is 319 g/mol. The Kier molecular flexibility index (Phi) is 6.11. The topological polar surface area (TPSA) is 98.9 Å². The Hall–Kier alpha value is -2.64. The highest BCUT2D eigenvalue weighted by atomic mass is 19.1. The van der Waals surface area contributed by atoms with E-state index >= 15 is 0 Å². The maximum Gasteiger partial charge on any atom is 0.344 e. The predicted molar refractivity (Wildman–Crippen MR) is 81.4 cm³/mol. The van der Waals surface area contributed by atoms with Gasteiger partial charge >= 0.3 is 5.97 Å². The predicted octanol–water partition coefficient (Wildman–Crippen LogP) is 0.614. The standard InChI is InChI=1S/C16H19FN2O5/c17-11-4-6-12(7-5-11)23-10-15(21)24-9-14(20)19-8-2-1-3-13(19)16(18)22/h4-7,13H,1-3,8-10H2,(H2,18,22)/t13-/m0/s1. The van der Waals surface area contributed by atoms with Crippen LogP contribution in [0, 0.1) is 5.82 Å². The van der Waals surface area contributed by atoms with E-state index in [-0.39, 0.29) is 0 Å². The molecule has 2 amide bonds. The van der Waals surface area contributed by atoms with Crippen molar-refractivity contribution in [1.82, 2.24) is 4.90 Å². The average Bonchev–Trinajstić information content (AvgIpc) is 2.59. The van der Waals surface area contributed by atoms with Crippen molar-refractivity contribution in [3.05, 3.63) is 30.1 Å². The van der Waals surface area contributed by atoms with E-state index in [2.05, 4.69) is 0 Å². The van der Waals surface area contributed by atoms with Gasteiger partial charge in [0.2, 0.25) is 5.91 Å². The third-order valence-electron chi connectivity index (χ3n) is 3.68. The van der Waals surface area contributed by atoms with E-state index in [1.165, 1.54) is 29.2 Å². The third-order valence-corrected chi connectivity index (χ3v) is 3.68. The lowest BCUT2D eigenvalue weighted by Crippen LogP contribution is -2.51. The van der Waals surface area contributed by atoms with Gasteiger partial charge in [-0.3, -0.25) is 9.59 Å². The number of esters is 1. The maximum absolute atomic E-state index is 12.7. The summed E-state index contributed by atoms with van der Waals surface area (Å²) in [5.74, 6) is -1.87. The first kappa shape index (κ1) is 17.7. The second-order valence-electron chi connectivity index (χ2n) is 5.40. The van der Waals surface area contributed by atoms with Gasteiger partial charge in [-0.05, 0) is 43.5 Å². The van der Waals surface area contributed by atoms with Gasteiger partial charge < -0.3 is 20.1 Å². The third kappa shape index (κ3) is 4.94. The van der Waals surface area contributed by atoms with Crippen molar-refractivity contribution < 1.29 is 28.2 Å². The van der Waals surface area contributed by atoms with Gasteiger partial charge in [0.05, 0.1) is 0 Å². The van der Waals surface area contributed by atoms with E-state index in [0.29, 0.717) is 18.7 Å². The SMILES string of the molecule is NC(=O)[C@@H]1CCCCN1C(=O)COC(=O)COc1ccc(F)cc1. The number of ether oxygens (including phenoxy) is 2. The molecule has 0 saturated carbocycles. The molecule has 7 nitrogen and oxygen atoms in total. The van der Waals surface area contributed by atoms with Crippen molar-refractivity contribution in [2.24, 2.45) is 5.73 Å². The fraction of sp³-hybridized carbons (Fsp3) is 0.438. The van der Waals surface area contributed by atoms with Crippen LogP contribution in [0.3, 0.4) is 0 Å². The number of carbonyl (C=O) groups is 3. The second-order valence-corrected chi connectivity index (χ2v) is 5.40. The van der Waals surface area contributed by atoms with E-state index in [4.69, 9.17) is 15.2 Å². The molecule has 8 heteroatoms. The Morgan fingerprint density at radius 3 is 2.54 bits per heavy atom. The quantitative estimate of drug-likeness (QED) is 0.767. The molecule has 1 aliphatic heterocycles. The first-order valence-corrected chi connectivity index (χ1v) is 7.60. The summed E-state index contributed by atoms with van der Waals surface area (Å²) >= 11 is 0. The molecule has 1 saturated heterocycles. The van der Waals surface area contributed by atoms with Crippen LogP contribution in [0.15, 0.2) is 24.3 Å². The number of benzene rings is 1. The molecule has 1 aromatic carbocycles. The molecule has 130 valence electrons. The van der Waals surface area contributed by atoms with Crippen LogP contribution in [0.2, 0.25) is 0 Å². The minimum atomic E-state index is -0.736. The van der Waals surface area contributed by atoms with Gasteiger partial charge in [0.15, 0.2) is 13.2 Å². The second kappa shape index (κ2) is 8.28. The number of hydrogen-bond acceptors (Lipinski definition) is 5. The fourth-order valence-corrected chi connectivity index (χ4v) is 2.47. The zero-order valence-electron chi connectivity index (χ0n) is 13.1. The van der Waals surface area contributed by atoms with Crippen molar-refractivity contribution in [3.8, 4) is 5.75 Å². The van der Waals surface area contributed by atoms with Crippen molar-refractivity contribution >= 4 is 17.8 Å². The number of amides is 2. The van der Waals surface area contributed by atoms with Crippen LogP contribution < -0.4 is 10.5 Å². The van der Waals surface area contributed by atoms with Crippen LogP contribution >= 0.6 is 0 Å². The van der Waals surface area contributed by atoms with E-state index in [1.54, 1.807) is 0 Å². The summed E-state index contributed by atoms with van der Waals surface area (Å²) in [5, 5.41) is 0. The molecule has 24 heavy (non-hydrogen) atoms. The highest BCUT2D eigenvalue weighted by Gasteiger charge is 2.30. The van der Waals surface area contributed by atoms with Crippen molar-refractivity contribution in [1.29, 1.82) is 0 Å². The van der Waals surface area contributed by atoms with Crippen LogP contribution in [0.25, 0.3) is 0 Å². The number of rotatable bonds is 6. The molecule has 0 unspecified atom stereocenters. The Labute approximate surface area is 138 Å². The van der Waals surface area contributed by atoms with Gasteiger partial charge in [0, 0.05) is 6.54 Å². The van der Waals surface area contributed by atoms with Gasteiger partial charge in [-0.2, -0.15) is 0 Å². The molecule has 0 aromatic heterocycles. The Morgan fingerprint density at radius 1 is 1.17 bits per heavy atom. The lowest BCUT2D eigenvalue weighted by Gasteiger charge is -2.33. The average molecular weight is 338 g/mol. The van der Waals surface area contributed by atoms with Crippen LogP contribution in [0.1, 0.15) is 19.3 Å². The molecule has 2 N–H and O–H groups in total. The molecule has 1 heterocycles. The smallest absolute Gasteiger partial charge is 0.344 e. The maximum atomic E-state index is 12.7. The molecule has 0 bridgehead atoms. The Balaban J connectivity index is 1.77. The normalized spacial score (nSPS) is 17.2. The number of nitrogens with two attached hydrogens (primary N) is 1. The summed E-state index contributed by atoms with van der Waals surface area (Å²) in [7, 11) is 0. The summed E-state index contributed by atoms with van der Waals surface area (Å²) in [4.78, 5) is 36.4. The van der Waals surface area contributed by atoms with Gasteiger partial charge in [0.1, 0.15) is 17.6 Å². The number of carbonyl (C=O) groups excluding carboxylic acids is 3. The van der Waals surface area contributed by atoms with Gasteiger partial charge in [-0.1, -0.05) is 0 Å². The van der Waals surface area contributed by atoms with Gasteiger partial charge in [0.25, 0.3) is 5.91 Å². The van der Waals surface area contributed by atoms with Gasteiger partial charge in [-0.25, -0.2) is 9.18 Å². The molecule has 1 aliphatic rings. The highest BCUT2D eigenvalue weighted by Crippen LogP contribution is 2.17. The zero-order valence-corrected chi connectivity index (χ0v) is 13.1. The van der Waals surface area contributed by atoms with Crippen LogP contribution in [-0.4, -0.2) is 48.5 Å². The van der Waals surface area contributed by atoms with Crippen LogP contribution in [0.5, 0.6) is 5.75 Å². The number of likely N-dealkylation sites (tertiary alicyclic amines) is 1. The minimum Gasteiger partial charge on any atom is -0.482 e. The summed E-state index contributed by atoms with van der Waals surface area (Å²) < 4.78 is 22.7. The summed E-state index contributed by atoms with van der Waals surface area (Å²) in [5.41, 5.74) is 5.29. The summed E-state index contributed by atoms with van der Waals surface area (Å²) in [6.07, 6.45) is 2.11. The first-order valence-electron chi connectivity index (χ1n) is 7.60. The molecule has 2 rings (SSSR count). The van der Waals surface area contributed by atoms with E-state index < -0.39 is 42.9 Å². The first-order chi connectivity index (χ1) is 11.5. The van der Waals surface area contributed by atoms with E-state index in [9.17, 15) is 18.8 Å². The lowest BCUT2D eigenvalue weighted by molar-refractivity contribution is -0.156. The van der Waals surface area contributed by atoms with Crippen molar-refractivity contribution in [2.45, 2.75) is 25.3 Å². The monoisotopic (exact) mass is 338 g/mol. The van der Waals surface area contributed by atoms with Gasteiger partial charge in [-0.15, -0.1) is 0 Å². The Bertz CT molecular complexity index is 605. The van der Waals surface area contributed by atoms with E-state index in [0.717, 1.165) is 12.8 Å². The van der Waals surface area contributed by atoms with Crippen molar-refractivity contribution in [2.75, 3.05) is 19.8 Å². The molecule has 1 fully saturated rings. The Morgan fingerprint density at radius 2 is 1.88 bits per heavy atom. The van der Waals surface area contributed by atoms with E-state index in [1.807, 2.05) is 0 Å². The molecular formula is C16H19FN2O5. The molecule has 0 aliphatic carbocycles. The fourth-order valence-electron chi connectivity index (χ4n) is 2.47. The van der Waals surface area contributed by atoms with Crippen LogP contribution in [0.4, 0.5) is 4.39 Å². The molecule has 1 atom stereocenters. The number of hydrogen-bond donors (Lipinski definition) is 1. The molecule has 0 radical (unpaired) electrons.